The zero-order chi connectivity index (χ0) is 16.1. The number of carbonyl (C=O) groups excluding carboxylic acids is 3. The van der Waals surface area contributed by atoms with Gasteiger partial charge in [-0.15, -0.1) is 11.6 Å². The number of imide groups is 1. The van der Waals surface area contributed by atoms with Crippen LogP contribution in [0.25, 0.3) is 0 Å². The lowest BCUT2D eigenvalue weighted by Crippen LogP contribution is -2.38. The molecule has 2 rings (SSSR count). The van der Waals surface area contributed by atoms with Crippen molar-refractivity contribution in [2.45, 2.75) is 6.42 Å². The number of hydrogen-bond acceptors (Lipinski definition) is 3. The molecule has 0 radical (unpaired) electrons. The molecule has 0 bridgehead atoms. The minimum Gasteiger partial charge on any atom is -0.338 e. The van der Waals surface area contributed by atoms with Crippen LogP contribution in [0.15, 0.2) is 22.7 Å². The topological polar surface area (TPSA) is 78.5 Å². The molecule has 0 spiro atoms. The Labute approximate surface area is 141 Å². The number of halogens is 2. The summed E-state index contributed by atoms with van der Waals surface area (Å²) in [5.41, 5.74) is 0.827. The van der Waals surface area contributed by atoms with E-state index in [2.05, 4.69) is 26.6 Å². The third-order valence-electron chi connectivity index (χ3n) is 3.16. The molecule has 0 atom stereocenters. The molecule has 0 fully saturated rings. The van der Waals surface area contributed by atoms with Gasteiger partial charge in [0.05, 0.1) is 11.1 Å². The lowest BCUT2D eigenvalue weighted by atomic mass is 10.1. The number of nitrogens with one attached hydrogen (secondary N) is 2. The van der Waals surface area contributed by atoms with E-state index in [-0.39, 0.29) is 24.4 Å². The van der Waals surface area contributed by atoms with Crippen LogP contribution in [0.1, 0.15) is 27.1 Å². The Morgan fingerprint density at radius 3 is 2.55 bits per heavy atom. The molecule has 4 amide bonds. The van der Waals surface area contributed by atoms with Crippen LogP contribution >= 0.6 is 27.5 Å². The first kappa shape index (κ1) is 16.8. The second-order valence-corrected chi connectivity index (χ2v) is 5.97. The van der Waals surface area contributed by atoms with E-state index in [9.17, 15) is 14.4 Å². The van der Waals surface area contributed by atoms with E-state index < -0.39 is 0 Å². The fourth-order valence-electron chi connectivity index (χ4n) is 2.13. The quantitative estimate of drug-likeness (QED) is 0.444. The number of alkyl halides is 1. The van der Waals surface area contributed by atoms with E-state index in [4.69, 9.17) is 11.6 Å². The van der Waals surface area contributed by atoms with Gasteiger partial charge < -0.3 is 10.6 Å². The summed E-state index contributed by atoms with van der Waals surface area (Å²) >= 11 is 8.74. The molecule has 1 aromatic carbocycles. The first-order chi connectivity index (χ1) is 10.5. The fourth-order valence-corrected chi connectivity index (χ4v) is 2.58. The molecule has 1 aliphatic rings. The van der Waals surface area contributed by atoms with E-state index in [0.29, 0.717) is 36.5 Å². The summed E-state index contributed by atoms with van der Waals surface area (Å²) in [6, 6.07) is 4.70. The molecule has 6 nitrogen and oxygen atoms in total. The minimum atomic E-state index is -0.313. The largest absolute Gasteiger partial charge is 0.338 e. The second kappa shape index (κ2) is 7.60. The maximum Gasteiger partial charge on any atom is 0.314 e. The predicted octanol–water partition coefficient (Wildman–Crippen LogP) is 1.97. The van der Waals surface area contributed by atoms with Crippen molar-refractivity contribution in [3.8, 4) is 0 Å². The molecule has 1 aliphatic heterocycles. The Morgan fingerprint density at radius 1 is 1.14 bits per heavy atom. The van der Waals surface area contributed by atoms with Crippen molar-refractivity contribution >= 4 is 45.4 Å². The molecule has 2 N–H and O–H groups in total. The average Bonchev–Trinajstić information content (AvgIpc) is 2.73. The van der Waals surface area contributed by atoms with Crippen LogP contribution in [-0.2, 0) is 0 Å². The number of fused-ring (bicyclic) bond motifs is 1. The molecule has 0 aliphatic carbocycles. The molecule has 0 saturated heterocycles. The van der Waals surface area contributed by atoms with Gasteiger partial charge in [-0.05, 0) is 24.6 Å². The highest BCUT2D eigenvalue weighted by atomic mass is 79.9. The van der Waals surface area contributed by atoms with Crippen molar-refractivity contribution in [1.82, 2.24) is 15.5 Å². The highest BCUT2D eigenvalue weighted by Gasteiger charge is 2.34. The molecule has 1 aromatic rings. The summed E-state index contributed by atoms with van der Waals surface area (Å²) in [5, 5.41) is 5.20. The van der Waals surface area contributed by atoms with Gasteiger partial charge in [0.1, 0.15) is 0 Å². The maximum atomic E-state index is 12.2. The van der Waals surface area contributed by atoms with Crippen LogP contribution < -0.4 is 10.6 Å². The van der Waals surface area contributed by atoms with Crippen LogP contribution in [0, 0.1) is 0 Å². The van der Waals surface area contributed by atoms with Gasteiger partial charge >= 0.3 is 6.03 Å². The number of nitrogens with zero attached hydrogens (tertiary/aromatic N) is 1. The standard InChI is InChI=1S/C14H15BrClN3O3/c15-9-2-3-10-11(8-9)13(21)19(12(10)20)7-1-5-17-14(22)18-6-4-16/h2-3,8H,1,4-7H2,(H2,17,18,22). The zero-order valence-corrected chi connectivity index (χ0v) is 14.0. The van der Waals surface area contributed by atoms with E-state index in [1.807, 2.05) is 0 Å². The number of rotatable bonds is 6. The highest BCUT2D eigenvalue weighted by Crippen LogP contribution is 2.25. The Kier molecular flexibility index (Phi) is 5.79. The molecule has 0 aromatic heterocycles. The minimum absolute atomic E-state index is 0.264. The number of carbonyl (C=O) groups is 3. The molecule has 0 saturated carbocycles. The van der Waals surface area contributed by atoms with Gasteiger partial charge in [0.25, 0.3) is 11.8 Å². The van der Waals surface area contributed by atoms with E-state index in [1.54, 1.807) is 18.2 Å². The van der Waals surface area contributed by atoms with Crippen LogP contribution in [-0.4, -0.2) is 48.3 Å². The molecule has 8 heteroatoms. The monoisotopic (exact) mass is 387 g/mol. The molecule has 1 heterocycles. The average molecular weight is 389 g/mol. The summed E-state index contributed by atoms with van der Waals surface area (Å²) in [6.45, 7) is 1.02. The van der Waals surface area contributed by atoms with Gasteiger partial charge in [0.15, 0.2) is 0 Å². The van der Waals surface area contributed by atoms with Gasteiger partial charge in [-0.3, -0.25) is 14.5 Å². The summed E-state index contributed by atoms with van der Waals surface area (Å²) in [6.07, 6.45) is 0.487. The summed E-state index contributed by atoms with van der Waals surface area (Å²) in [5.74, 6) is -0.245. The van der Waals surface area contributed by atoms with Gasteiger partial charge in [-0.25, -0.2) is 4.79 Å². The first-order valence-electron chi connectivity index (χ1n) is 6.78. The van der Waals surface area contributed by atoms with Crippen molar-refractivity contribution in [2.24, 2.45) is 0 Å². The number of amides is 4. The summed E-state index contributed by atoms with van der Waals surface area (Å²) < 4.78 is 0.756. The third kappa shape index (κ3) is 3.78. The smallest absolute Gasteiger partial charge is 0.314 e. The Morgan fingerprint density at radius 2 is 1.82 bits per heavy atom. The van der Waals surface area contributed by atoms with Crippen molar-refractivity contribution in [3.63, 3.8) is 0 Å². The summed E-state index contributed by atoms with van der Waals surface area (Å²) in [4.78, 5) is 36.9. The van der Waals surface area contributed by atoms with Crippen molar-refractivity contribution in [2.75, 3.05) is 25.5 Å². The number of benzene rings is 1. The zero-order valence-electron chi connectivity index (χ0n) is 11.7. The lowest BCUT2D eigenvalue weighted by Gasteiger charge is -2.14. The molecular weight excluding hydrogens is 374 g/mol. The molecule has 0 unspecified atom stereocenters. The normalized spacial score (nSPS) is 13.3. The van der Waals surface area contributed by atoms with Crippen molar-refractivity contribution in [3.05, 3.63) is 33.8 Å². The van der Waals surface area contributed by atoms with E-state index >= 15 is 0 Å². The van der Waals surface area contributed by atoms with Crippen LogP contribution in [0.2, 0.25) is 0 Å². The van der Waals surface area contributed by atoms with Gasteiger partial charge in [-0.1, -0.05) is 15.9 Å². The Hall–Kier alpha value is -1.60. The lowest BCUT2D eigenvalue weighted by molar-refractivity contribution is 0.0653. The highest BCUT2D eigenvalue weighted by molar-refractivity contribution is 9.10. The van der Waals surface area contributed by atoms with E-state index in [1.165, 1.54) is 4.90 Å². The van der Waals surface area contributed by atoms with Gasteiger partial charge in [-0.2, -0.15) is 0 Å². The van der Waals surface area contributed by atoms with E-state index in [0.717, 1.165) is 4.47 Å². The second-order valence-electron chi connectivity index (χ2n) is 4.68. The molecule has 118 valence electrons. The first-order valence-corrected chi connectivity index (χ1v) is 8.10. The fraction of sp³-hybridized carbons (Fsp3) is 0.357. The number of hydrogen-bond donors (Lipinski definition) is 2. The van der Waals surface area contributed by atoms with Gasteiger partial charge in [0, 0.05) is 30.0 Å². The van der Waals surface area contributed by atoms with Crippen LogP contribution in [0.4, 0.5) is 4.79 Å². The predicted molar refractivity (Wildman–Crippen MR) is 86.2 cm³/mol. The maximum absolute atomic E-state index is 12.2. The van der Waals surface area contributed by atoms with Crippen LogP contribution in [0.3, 0.4) is 0 Å². The summed E-state index contributed by atoms with van der Waals surface area (Å²) in [7, 11) is 0. The SMILES string of the molecule is O=C(NCCCl)NCCCN1C(=O)c2ccc(Br)cc2C1=O. The van der Waals surface area contributed by atoms with Crippen molar-refractivity contribution in [1.29, 1.82) is 0 Å². The Bertz CT molecular complexity index is 609. The molecular formula is C14H15BrClN3O3. The van der Waals surface area contributed by atoms with Gasteiger partial charge in [0.2, 0.25) is 0 Å². The molecule has 22 heavy (non-hydrogen) atoms. The van der Waals surface area contributed by atoms with Crippen molar-refractivity contribution < 1.29 is 14.4 Å². The van der Waals surface area contributed by atoms with Crippen LogP contribution in [0.5, 0.6) is 0 Å². The number of urea groups is 1. The Balaban J connectivity index is 1.84. The third-order valence-corrected chi connectivity index (χ3v) is 3.84.